The number of likely N-dealkylation sites (tertiary alicyclic amines) is 1. The van der Waals surface area contributed by atoms with E-state index in [9.17, 15) is 9.59 Å². The fourth-order valence-electron chi connectivity index (χ4n) is 2.51. The number of ether oxygens (including phenoxy) is 2. The third-order valence-corrected chi connectivity index (χ3v) is 4.59. The van der Waals surface area contributed by atoms with Gasteiger partial charge in [0, 0.05) is 29.5 Å². The van der Waals surface area contributed by atoms with Gasteiger partial charge in [0.05, 0.1) is 20.3 Å². The van der Waals surface area contributed by atoms with Crippen LogP contribution in [0.1, 0.15) is 12.5 Å². The largest absolute Gasteiger partial charge is 0.497 e. The van der Waals surface area contributed by atoms with E-state index in [1.807, 2.05) is 12.1 Å². The van der Waals surface area contributed by atoms with Crippen molar-refractivity contribution in [2.45, 2.75) is 25.6 Å². The molecular weight excluding hydrogens is 399 g/mol. The maximum atomic E-state index is 12.2. The summed E-state index contributed by atoms with van der Waals surface area (Å²) in [4.78, 5) is 25.2. The standard InChI is InChI=1S/C15H19IN2O4/c1-9(19)17-14-12(7-16)18(15(14)20)8-10-4-5-11(21-2)6-13(10)22-3/h4-6,12,14H,7-8H2,1-3H3,(H,17,19). The Labute approximate surface area is 143 Å². The van der Waals surface area contributed by atoms with Crippen LogP contribution in [0.4, 0.5) is 0 Å². The molecule has 2 atom stereocenters. The highest BCUT2D eigenvalue weighted by atomic mass is 127. The Morgan fingerprint density at radius 3 is 2.64 bits per heavy atom. The number of carbonyl (C=O) groups excluding carboxylic acids is 2. The quantitative estimate of drug-likeness (QED) is 0.431. The van der Waals surface area contributed by atoms with E-state index in [2.05, 4.69) is 27.9 Å². The molecule has 0 aromatic heterocycles. The Hall–Kier alpha value is -1.51. The SMILES string of the molecule is COc1ccc(CN2C(=O)C(NC(C)=O)C2CI)c(OC)c1. The number of alkyl halides is 1. The molecule has 2 rings (SSSR count). The van der Waals surface area contributed by atoms with Crippen molar-refractivity contribution in [1.29, 1.82) is 0 Å². The summed E-state index contributed by atoms with van der Waals surface area (Å²) in [5, 5.41) is 2.71. The maximum absolute atomic E-state index is 12.2. The van der Waals surface area contributed by atoms with Crippen LogP contribution in [0.3, 0.4) is 0 Å². The molecule has 1 aromatic rings. The van der Waals surface area contributed by atoms with Crippen molar-refractivity contribution in [3.63, 3.8) is 0 Å². The van der Waals surface area contributed by atoms with Gasteiger partial charge in [-0.2, -0.15) is 0 Å². The summed E-state index contributed by atoms with van der Waals surface area (Å²) < 4.78 is 11.3. The Kier molecular flexibility index (Phi) is 5.49. The van der Waals surface area contributed by atoms with Crippen molar-refractivity contribution in [3.05, 3.63) is 23.8 Å². The summed E-state index contributed by atoms with van der Waals surface area (Å²) in [6, 6.07) is 5.11. The van der Waals surface area contributed by atoms with Crippen LogP contribution < -0.4 is 14.8 Å². The highest BCUT2D eigenvalue weighted by Crippen LogP contribution is 2.30. The molecule has 0 saturated carbocycles. The molecule has 1 aliphatic heterocycles. The molecule has 0 spiro atoms. The molecule has 7 heteroatoms. The summed E-state index contributed by atoms with van der Waals surface area (Å²) in [6.07, 6.45) is 0. The van der Waals surface area contributed by atoms with E-state index in [4.69, 9.17) is 9.47 Å². The van der Waals surface area contributed by atoms with Crippen LogP contribution in [0.2, 0.25) is 0 Å². The van der Waals surface area contributed by atoms with Gasteiger partial charge in [-0.25, -0.2) is 0 Å². The number of nitrogens with zero attached hydrogens (tertiary/aromatic N) is 1. The predicted octanol–water partition coefficient (Wildman–Crippen LogP) is 1.35. The summed E-state index contributed by atoms with van der Waals surface area (Å²) in [5.41, 5.74) is 0.910. The van der Waals surface area contributed by atoms with Gasteiger partial charge in [0.1, 0.15) is 17.5 Å². The number of carbonyl (C=O) groups is 2. The molecule has 120 valence electrons. The summed E-state index contributed by atoms with van der Waals surface area (Å²) >= 11 is 2.23. The van der Waals surface area contributed by atoms with Crippen molar-refractivity contribution in [2.24, 2.45) is 0 Å². The number of β-lactam (4-membered cyclic amide) rings is 1. The van der Waals surface area contributed by atoms with Crippen molar-refractivity contribution >= 4 is 34.4 Å². The van der Waals surface area contributed by atoms with Gasteiger partial charge in [0.2, 0.25) is 11.8 Å². The molecule has 1 fully saturated rings. The molecule has 1 N–H and O–H groups in total. The van der Waals surface area contributed by atoms with E-state index in [0.29, 0.717) is 18.0 Å². The summed E-state index contributed by atoms with van der Waals surface area (Å²) in [7, 11) is 3.18. The van der Waals surface area contributed by atoms with Gasteiger partial charge in [-0.05, 0) is 12.1 Å². The smallest absolute Gasteiger partial charge is 0.247 e. The molecule has 0 aliphatic carbocycles. The normalized spacial score (nSPS) is 20.4. The van der Waals surface area contributed by atoms with E-state index in [1.165, 1.54) is 6.92 Å². The Morgan fingerprint density at radius 2 is 2.09 bits per heavy atom. The molecular formula is C15H19IN2O4. The lowest BCUT2D eigenvalue weighted by Gasteiger charge is -2.46. The van der Waals surface area contributed by atoms with E-state index in [1.54, 1.807) is 25.2 Å². The lowest BCUT2D eigenvalue weighted by molar-refractivity contribution is -0.152. The van der Waals surface area contributed by atoms with Crippen LogP contribution in [0.25, 0.3) is 0 Å². The molecule has 2 unspecified atom stereocenters. The predicted molar refractivity (Wildman–Crippen MR) is 90.4 cm³/mol. The topological polar surface area (TPSA) is 67.9 Å². The van der Waals surface area contributed by atoms with Crippen LogP contribution in [-0.4, -0.2) is 47.4 Å². The third-order valence-electron chi connectivity index (χ3n) is 3.69. The van der Waals surface area contributed by atoms with Crippen LogP contribution in [0, 0.1) is 0 Å². The van der Waals surface area contributed by atoms with Crippen LogP contribution in [0.15, 0.2) is 18.2 Å². The second kappa shape index (κ2) is 7.17. The van der Waals surface area contributed by atoms with E-state index in [-0.39, 0.29) is 17.9 Å². The van der Waals surface area contributed by atoms with E-state index < -0.39 is 6.04 Å². The number of rotatable bonds is 6. The van der Waals surface area contributed by atoms with Crippen molar-refractivity contribution in [2.75, 3.05) is 18.6 Å². The minimum Gasteiger partial charge on any atom is -0.497 e. The number of methoxy groups -OCH3 is 2. The molecule has 6 nitrogen and oxygen atoms in total. The van der Waals surface area contributed by atoms with Crippen molar-refractivity contribution in [3.8, 4) is 11.5 Å². The number of nitrogens with one attached hydrogen (secondary N) is 1. The first-order chi connectivity index (χ1) is 10.5. The number of benzene rings is 1. The van der Waals surface area contributed by atoms with Gasteiger partial charge in [0.25, 0.3) is 0 Å². The molecule has 1 aromatic carbocycles. The fraction of sp³-hybridized carbons (Fsp3) is 0.467. The van der Waals surface area contributed by atoms with Gasteiger partial charge in [-0.1, -0.05) is 22.6 Å². The summed E-state index contributed by atoms with van der Waals surface area (Å²) in [5.74, 6) is 1.14. The molecule has 1 saturated heterocycles. The Morgan fingerprint density at radius 1 is 1.36 bits per heavy atom. The lowest BCUT2D eigenvalue weighted by Crippen LogP contribution is -2.70. The van der Waals surface area contributed by atoms with Crippen LogP contribution in [0.5, 0.6) is 11.5 Å². The lowest BCUT2D eigenvalue weighted by atomic mass is 9.95. The number of amides is 2. The number of halogens is 1. The molecule has 0 bridgehead atoms. The monoisotopic (exact) mass is 418 g/mol. The average molecular weight is 418 g/mol. The third kappa shape index (κ3) is 3.29. The molecule has 22 heavy (non-hydrogen) atoms. The number of hydrogen-bond donors (Lipinski definition) is 1. The van der Waals surface area contributed by atoms with Crippen molar-refractivity contribution in [1.82, 2.24) is 10.2 Å². The van der Waals surface area contributed by atoms with Gasteiger partial charge < -0.3 is 19.7 Å². The molecule has 1 heterocycles. The van der Waals surface area contributed by atoms with Crippen molar-refractivity contribution < 1.29 is 19.1 Å². The van der Waals surface area contributed by atoms with Gasteiger partial charge in [-0.15, -0.1) is 0 Å². The maximum Gasteiger partial charge on any atom is 0.247 e. The first-order valence-corrected chi connectivity index (χ1v) is 8.38. The summed E-state index contributed by atoms with van der Waals surface area (Å²) in [6.45, 7) is 1.88. The number of hydrogen-bond acceptors (Lipinski definition) is 4. The first kappa shape index (κ1) is 16.9. The minimum absolute atomic E-state index is 0.00353. The zero-order valence-electron chi connectivity index (χ0n) is 12.8. The van der Waals surface area contributed by atoms with Gasteiger partial charge in [0.15, 0.2) is 0 Å². The second-order valence-corrected chi connectivity index (χ2v) is 5.92. The molecule has 2 amide bonds. The second-order valence-electron chi connectivity index (χ2n) is 5.04. The zero-order chi connectivity index (χ0) is 16.3. The highest BCUT2D eigenvalue weighted by Gasteiger charge is 2.47. The van der Waals surface area contributed by atoms with Crippen LogP contribution in [-0.2, 0) is 16.1 Å². The van der Waals surface area contributed by atoms with Gasteiger partial charge >= 0.3 is 0 Å². The van der Waals surface area contributed by atoms with Gasteiger partial charge in [-0.3, -0.25) is 9.59 Å². The first-order valence-electron chi connectivity index (χ1n) is 6.86. The van der Waals surface area contributed by atoms with E-state index >= 15 is 0 Å². The Bertz CT molecular complexity index is 579. The average Bonchev–Trinajstić information content (AvgIpc) is 2.52. The highest BCUT2D eigenvalue weighted by molar-refractivity contribution is 14.1. The Balaban J connectivity index is 2.14. The van der Waals surface area contributed by atoms with Crippen LogP contribution >= 0.6 is 22.6 Å². The molecule has 1 aliphatic rings. The fourth-order valence-corrected chi connectivity index (χ4v) is 3.50. The van der Waals surface area contributed by atoms with E-state index in [0.717, 1.165) is 9.99 Å². The minimum atomic E-state index is -0.418. The molecule has 0 radical (unpaired) electrons. The zero-order valence-corrected chi connectivity index (χ0v) is 14.9.